The maximum atomic E-state index is 15.3. The summed E-state index contributed by atoms with van der Waals surface area (Å²) in [5.74, 6) is -13.6. The summed E-state index contributed by atoms with van der Waals surface area (Å²) in [5, 5.41) is 60.8. The van der Waals surface area contributed by atoms with E-state index in [0.29, 0.717) is 25.7 Å². The molecule has 2 bridgehead atoms. The molecular formula is C53H73N13O17S. The third kappa shape index (κ3) is 15.0. The molecule has 1 unspecified atom stereocenters. The standard InChI is InChI=1S/C53H73N13O17S/c1-4-26(2)43-50(80)56-21-38(72)57-33-25-84(83)52-30(29-9-10-35(69)46(45(29)62-52)64-16-14-63(15-17-64)40(74)8-6-5-7-13-65-41(75)11-12-42(65)76)19-31(47(77)55-22-39(73)60-43)58-51(81)44(27(3)36(70)24-67)61-49(79)34-18-28(68)23-66(34)53(82)32(20-37(54)71)59-48(33)78/h9-12,26-28,31-34,36,43-44,62,67-70H,4-8,13-25H2,1-3H3,(H2,54,71)(H,55,77)(H,56,80)(H,57,72)(H,58,81)(H,59,78)(H,60,73)(H,61,79)/t26-,27-,28+,31+,32-,33-,34-,36-,43-,44-,84?/m0/s1. The van der Waals surface area contributed by atoms with Gasteiger partial charge in [0.05, 0.1) is 60.4 Å². The molecule has 5 aliphatic rings. The Bertz CT molecular complexity index is 2960. The van der Waals surface area contributed by atoms with Gasteiger partial charge < -0.3 is 83.1 Å². The van der Waals surface area contributed by atoms with Gasteiger partial charge in [-0.25, -0.2) is 0 Å². The van der Waals surface area contributed by atoms with E-state index in [1.54, 1.807) is 23.6 Å². The van der Waals surface area contributed by atoms with Gasteiger partial charge in [0.15, 0.2) is 0 Å². The number of carbonyl (C=O) groups is 12. The molecule has 1 aromatic heterocycles. The third-order valence-electron chi connectivity index (χ3n) is 15.8. The van der Waals surface area contributed by atoms with Gasteiger partial charge in [0.2, 0.25) is 59.1 Å². The summed E-state index contributed by atoms with van der Waals surface area (Å²) in [7, 11) is -2.53. The number of carbonyl (C=O) groups excluding carboxylic acids is 12. The van der Waals surface area contributed by atoms with Crippen LogP contribution in [0.3, 0.4) is 0 Å². The number of imide groups is 1. The summed E-state index contributed by atoms with van der Waals surface area (Å²) in [6, 6.07) is -7.64. The first-order valence-corrected chi connectivity index (χ1v) is 29.1. The molecule has 30 nitrogen and oxygen atoms in total. The van der Waals surface area contributed by atoms with Crippen molar-refractivity contribution in [3.05, 3.63) is 29.8 Å². The number of phenols is 1. The number of phenolic OH excluding ortho intramolecular Hbond substituents is 1. The predicted molar refractivity (Wildman–Crippen MR) is 295 cm³/mol. The van der Waals surface area contributed by atoms with Crippen LogP contribution in [0.4, 0.5) is 5.69 Å². The number of unbranched alkanes of at least 4 members (excludes halogenated alkanes) is 2. The highest BCUT2D eigenvalue weighted by Crippen LogP contribution is 2.40. The van der Waals surface area contributed by atoms with E-state index in [1.165, 1.54) is 31.2 Å². The second kappa shape index (κ2) is 28.0. The molecule has 0 spiro atoms. The quantitative estimate of drug-likeness (QED) is 0.0619. The Morgan fingerprint density at radius 2 is 1.45 bits per heavy atom. The van der Waals surface area contributed by atoms with E-state index in [2.05, 4.69) is 42.2 Å². The summed E-state index contributed by atoms with van der Waals surface area (Å²) < 4.78 is 15.3. The zero-order chi connectivity index (χ0) is 61.3. The number of primary amides is 1. The Labute approximate surface area is 484 Å². The fraction of sp³-hybridized carbons (Fsp3) is 0.585. The maximum Gasteiger partial charge on any atom is 0.253 e. The molecule has 2 saturated heterocycles. The zero-order valence-electron chi connectivity index (χ0n) is 46.7. The average molecular weight is 1200 g/mol. The van der Waals surface area contributed by atoms with Gasteiger partial charge in [-0.05, 0) is 36.5 Å². The van der Waals surface area contributed by atoms with Crippen LogP contribution in [-0.4, -0.2) is 228 Å². The smallest absolute Gasteiger partial charge is 0.253 e. The van der Waals surface area contributed by atoms with Crippen LogP contribution in [0.5, 0.6) is 5.75 Å². The van der Waals surface area contributed by atoms with Gasteiger partial charge in [0.1, 0.15) is 52.7 Å². The molecule has 5 aliphatic heterocycles. The van der Waals surface area contributed by atoms with E-state index in [1.807, 2.05) is 0 Å². The number of rotatable bonds is 14. The number of nitrogens with two attached hydrogens (primary N) is 1. The molecule has 0 radical (unpaired) electrons. The van der Waals surface area contributed by atoms with Crippen LogP contribution in [-0.2, 0) is 74.8 Å². The molecular weight excluding hydrogens is 1120 g/mol. The van der Waals surface area contributed by atoms with Crippen LogP contribution in [0.1, 0.15) is 71.3 Å². The molecule has 6 heterocycles. The SMILES string of the molecule is CC[C@H](C)[C@@H]1NC(=O)CNC(=O)[C@H]2Cc3c([nH]c4c(N5CCN(C(=O)CCCCCN6C(=O)C=CC6=O)CC5)c(O)ccc34)S(=O)C[C@H](NC(=O)CNC1=O)C(=O)N[C@@H](CC(N)=O)C(=O)N1C[C@H](O)C[C@H]1C(=O)N[C@@H]([C@@H](C)[C@@H](O)CO)C(=O)N2. The summed E-state index contributed by atoms with van der Waals surface area (Å²) >= 11 is 0. The predicted octanol–water partition coefficient (Wildman–Crippen LogP) is -5.79. The first-order chi connectivity index (χ1) is 39.9. The van der Waals surface area contributed by atoms with Crippen LogP contribution >= 0.6 is 0 Å². The number of aromatic hydroxyl groups is 1. The highest BCUT2D eigenvalue weighted by atomic mass is 32.2. The molecule has 0 aliphatic carbocycles. The number of hydrogen-bond donors (Lipinski definition) is 13. The van der Waals surface area contributed by atoms with Crippen molar-refractivity contribution in [1.29, 1.82) is 0 Å². The first-order valence-electron chi connectivity index (χ1n) is 27.8. The summed E-state index contributed by atoms with van der Waals surface area (Å²) in [5.41, 5.74) is 5.84. The lowest BCUT2D eigenvalue weighted by Gasteiger charge is -2.36. The number of aromatic nitrogens is 1. The fourth-order valence-corrected chi connectivity index (χ4v) is 12.2. The van der Waals surface area contributed by atoms with Gasteiger partial charge >= 0.3 is 0 Å². The normalized spacial score (nSPS) is 26.5. The van der Waals surface area contributed by atoms with E-state index in [0.717, 1.165) is 9.80 Å². The van der Waals surface area contributed by atoms with Crippen LogP contribution in [0.2, 0.25) is 0 Å². The van der Waals surface area contributed by atoms with Crippen molar-refractivity contribution >= 4 is 98.3 Å². The number of aliphatic hydroxyl groups is 3. The Balaban J connectivity index is 1.32. The van der Waals surface area contributed by atoms with E-state index < -0.39 is 187 Å². The van der Waals surface area contributed by atoms with Crippen LogP contribution in [0, 0.1) is 11.8 Å². The third-order valence-corrected chi connectivity index (χ3v) is 17.2. The van der Waals surface area contributed by atoms with Gasteiger partial charge in [0, 0.05) is 82.0 Å². The molecule has 7 rings (SSSR count). The van der Waals surface area contributed by atoms with E-state index >= 15 is 4.21 Å². The van der Waals surface area contributed by atoms with Crippen LogP contribution in [0.15, 0.2) is 29.3 Å². The molecule has 12 amide bonds. The van der Waals surface area contributed by atoms with Gasteiger partial charge in [-0.1, -0.05) is 33.6 Å². The Hall–Kier alpha value is -8.03. The zero-order valence-corrected chi connectivity index (χ0v) is 47.5. The van der Waals surface area contributed by atoms with Crippen molar-refractivity contribution in [3.63, 3.8) is 0 Å². The summed E-state index contributed by atoms with van der Waals surface area (Å²) in [6.45, 7) is 2.42. The van der Waals surface area contributed by atoms with Crippen molar-refractivity contribution in [2.24, 2.45) is 17.6 Å². The highest BCUT2D eigenvalue weighted by Gasteiger charge is 2.45. The van der Waals surface area contributed by atoms with Crippen molar-refractivity contribution in [2.45, 2.75) is 126 Å². The molecule has 2 aromatic rings. The minimum atomic E-state index is -2.53. The van der Waals surface area contributed by atoms with Crippen LogP contribution in [0.25, 0.3) is 10.9 Å². The van der Waals surface area contributed by atoms with E-state index in [9.17, 15) is 78.0 Å². The number of benzene rings is 1. The maximum absolute atomic E-state index is 15.3. The van der Waals surface area contributed by atoms with E-state index in [4.69, 9.17) is 5.73 Å². The van der Waals surface area contributed by atoms with Crippen LogP contribution < -0.4 is 47.9 Å². The molecule has 1 aromatic carbocycles. The van der Waals surface area contributed by atoms with Gasteiger partial charge in [-0.2, -0.15) is 0 Å². The number of fused-ring (bicyclic) bond motifs is 5. The number of nitrogens with zero attached hydrogens (tertiary/aromatic N) is 4. The molecule has 2 fully saturated rings. The van der Waals surface area contributed by atoms with Gasteiger partial charge in [-0.3, -0.25) is 66.6 Å². The average Bonchev–Trinajstić information content (AvgIpc) is 2.10. The first kappa shape index (κ1) is 63.5. The van der Waals surface area contributed by atoms with Gasteiger partial charge in [-0.15, -0.1) is 0 Å². The minimum Gasteiger partial charge on any atom is -0.506 e. The monoisotopic (exact) mass is 1200 g/mol. The molecule has 458 valence electrons. The second-order valence-electron chi connectivity index (χ2n) is 21.6. The lowest BCUT2D eigenvalue weighted by atomic mass is 9.93. The highest BCUT2D eigenvalue weighted by molar-refractivity contribution is 7.85. The van der Waals surface area contributed by atoms with Crippen molar-refractivity contribution in [1.82, 2.24) is 56.9 Å². The number of hydrogen-bond acceptors (Lipinski definition) is 18. The van der Waals surface area contributed by atoms with Crippen molar-refractivity contribution in [2.75, 3.05) is 69.6 Å². The molecule has 11 atom stereocenters. The minimum absolute atomic E-state index is 0.0104. The Morgan fingerprint density at radius 1 is 0.786 bits per heavy atom. The second-order valence-corrected chi connectivity index (χ2v) is 23.0. The van der Waals surface area contributed by atoms with Crippen molar-refractivity contribution in [3.8, 4) is 5.75 Å². The number of aliphatic hydroxyl groups excluding tert-OH is 3. The lowest BCUT2D eigenvalue weighted by Crippen LogP contribution is -2.62. The number of piperazine rings is 1. The number of amides is 12. The molecule has 31 heteroatoms. The topological polar surface area (TPSA) is 442 Å². The Kier molecular flexibility index (Phi) is 21.2. The largest absolute Gasteiger partial charge is 0.506 e. The summed E-state index contributed by atoms with van der Waals surface area (Å²) in [6.07, 6.45) is -0.597. The number of nitrogens with one attached hydrogen (secondary N) is 8. The molecule has 84 heavy (non-hydrogen) atoms. The van der Waals surface area contributed by atoms with E-state index in [-0.39, 0.29) is 78.0 Å². The molecule has 0 saturated carbocycles. The number of anilines is 1. The number of aromatic amines is 1. The lowest BCUT2D eigenvalue weighted by molar-refractivity contribution is -0.144. The number of H-pyrrole nitrogens is 1. The molecule has 14 N–H and O–H groups in total. The van der Waals surface area contributed by atoms with Gasteiger partial charge in [0.25, 0.3) is 11.8 Å². The Morgan fingerprint density at radius 3 is 2.11 bits per heavy atom. The summed E-state index contributed by atoms with van der Waals surface area (Å²) in [4.78, 5) is 173. The fourth-order valence-electron chi connectivity index (χ4n) is 10.8. The van der Waals surface area contributed by atoms with Crippen molar-refractivity contribution < 1.29 is 82.2 Å².